The number of aryl methyl sites for hydroxylation is 1. The molecule has 2 aromatic carbocycles. The minimum absolute atomic E-state index is 0.102. The Morgan fingerprint density at radius 1 is 1.24 bits per heavy atom. The molecule has 1 amide bonds. The van der Waals surface area contributed by atoms with E-state index >= 15 is 0 Å². The molecule has 0 saturated carbocycles. The van der Waals surface area contributed by atoms with Crippen LogP contribution in [0.25, 0.3) is 21.1 Å². The van der Waals surface area contributed by atoms with Gasteiger partial charge in [0.25, 0.3) is 11.1 Å². The van der Waals surface area contributed by atoms with Gasteiger partial charge in [-0.2, -0.15) is 5.10 Å². The molecule has 1 fully saturated rings. The highest BCUT2D eigenvalue weighted by molar-refractivity contribution is 7.21. The first-order valence-corrected chi connectivity index (χ1v) is 11.6. The van der Waals surface area contributed by atoms with Crippen molar-refractivity contribution in [2.24, 2.45) is 7.05 Å². The van der Waals surface area contributed by atoms with Crippen LogP contribution in [0, 0.1) is 5.82 Å². The largest absolute Gasteiger partial charge is 0.473 e. The van der Waals surface area contributed by atoms with Gasteiger partial charge in [-0.15, -0.1) is 0 Å². The fraction of sp³-hybridized carbons (Fsp3) is 0.348. The minimum Gasteiger partial charge on any atom is -0.473 e. The van der Waals surface area contributed by atoms with Crippen molar-refractivity contribution in [3.8, 4) is 5.19 Å². The van der Waals surface area contributed by atoms with Crippen LogP contribution >= 0.6 is 11.3 Å². The molecule has 0 spiro atoms. The molecule has 5 rings (SSSR count). The lowest BCUT2D eigenvalue weighted by Crippen LogP contribution is -2.54. The van der Waals surface area contributed by atoms with Crippen LogP contribution < -0.4 is 20.3 Å². The van der Waals surface area contributed by atoms with Crippen molar-refractivity contribution in [1.82, 2.24) is 20.1 Å². The van der Waals surface area contributed by atoms with E-state index in [0.29, 0.717) is 39.3 Å². The van der Waals surface area contributed by atoms with Crippen molar-refractivity contribution < 1.29 is 13.9 Å². The maximum Gasteiger partial charge on any atom is 0.274 e. The molecule has 8 nitrogen and oxygen atoms in total. The Morgan fingerprint density at radius 3 is 2.73 bits per heavy atom. The molecule has 3 heterocycles. The van der Waals surface area contributed by atoms with Gasteiger partial charge in [0.05, 0.1) is 39.7 Å². The highest BCUT2D eigenvalue weighted by atomic mass is 32.1. The second kappa shape index (κ2) is 8.27. The lowest BCUT2D eigenvalue weighted by atomic mass is 10.1. The number of halogens is 1. The molecular formula is C23H25FN6O2S. The second-order valence-corrected chi connectivity index (χ2v) is 9.45. The van der Waals surface area contributed by atoms with Crippen molar-refractivity contribution in [1.29, 1.82) is 0 Å². The Bertz CT molecular complexity index is 1360. The molecule has 33 heavy (non-hydrogen) atoms. The second-order valence-electron chi connectivity index (χ2n) is 8.48. The summed E-state index contributed by atoms with van der Waals surface area (Å²) in [7, 11) is 3.29. The van der Waals surface area contributed by atoms with Gasteiger partial charge in [-0.1, -0.05) is 11.3 Å². The van der Waals surface area contributed by atoms with E-state index in [2.05, 4.69) is 39.5 Å². The van der Waals surface area contributed by atoms with Crippen LogP contribution in [0.2, 0.25) is 0 Å². The molecular weight excluding hydrogens is 443 g/mol. The fourth-order valence-corrected chi connectivity index (χ4v) is 5.43. The monoisotopic (exact) mass is 468 g/mol. The summed E-state index contributed by atoms with van der Waals surface area (Å²) < 4.78 is 22.8. The first-order chi connectivity index (χ1) is 15.8. The van der Waals surface area contributed by atoms with Crippen LogP contribution in [0.4, 0.5) is 15.8 Å². The number of carbonyl (C=O) groups excluding carboxylic acids is 1. The van der Waals surface area contributed by atoms with Crippen molar-refractivity contribution in [3.63, 3.8) is 0 Å². The Hall–Kier alpha value is -3.24. The van der Waals surface area contributed by atoms with E-state index in [4.69, 9.17) is 4.74 Å². The third kappa shape index (κ3) is 3.89. The zero-order valence-corrected chi connectivity index (χ0v) is 19.7. The molecule has 1 saturated heterocycles. The number of amides is 1. The molecule has 10 heteroatoms. The first-order valence-electron chi connectivity index (χ1n) is 10.8. The summed E-state index contributed by atoms with van der Waals surface area (Å²) in [6.07, 6.45) is 1.59. The number of ether oxygens (including phenoxy) is 1. The van der Waals surface area contributed by atoms with Gasteiger partial charge in [-0.3, -0.25) is 9.48 Å². The number of nitrogens with zero attached hydrogens (tertiary/aromatic N) is 4. The van der Waals surface area contributed by atoms with Crippen molar-refractivity contribution >= 4 is 49.7 Å². The van der Waals surface area contributed by atoms with Gasteiger partial charge in [-0.25, -0.2) is 9.37 Å². The standard InChI is InChI=1S/C23H25FN6O2S/c1-12-9-30(10-13(2)25-12)18-8-5-14(20-21(18)33-23(27-20)32-4)22(31)26-17-7-6-16-15(19(17)24)11-29(3)28-16/h5-8,11-13,25H,9-10H2,1-4H3,(H,26,31)/t12-,13-/m0/s1. The normalized spacial score (nSPS) is 18.8. The van der Waals surface area contributed by atoms with E-state index < -0.39 is 11.7 Å². The number of fused-ring (bicyclic) bond motifs is 2. The molecule has 4 aromatic rings. The Morgan fingerprint density at radius 2 is 2.00 bits per heavy atom. The molecule has 172 valence electrons. The number of aromatic nitrogens is 3. The first kappa shape index (κ1) is 21.6. The van der Waals surface area contributed by atoms with Gasteiger partial charge in [-0.05, 0) is 38.1 Å². The smallest absolute Gasteiger partial charge is 0.274 e. The summed E-state index contributed by atoms with van der Waals surface area (Å²) in [5.74, 6) is -0.940. The molecule has 2 atom stereocenters. The van der Waals surface area contributed by atoms with Crippen LogP contribution in [0.15, 0.2) is 30.5 Å². The highest BCUT2D eigenvalue weighted by Gasteiger charge is 2.26. The molecule has 1 aliphatic heterocycles. The lowest BCUT2D eigenvalue weighted by Gasteiger charge is -2.37. The van der Waals surface area contributed by atoms with Crippen LogP contribution in [0.1, 0.15) is 24.2 Å². The van der Waals surface area contributed by atoms with E-state index in [0.717, 1.165) is 23.5 Å². The summed E-state index contributed by atoms with van der Waals surface area (Å²) in [5, 5.41) is 11.3. The van der Waals surface area contributed by atoms with Crippen LogP contribution in [-0.4, -0.2) is 53.0 Å². The van der Waals surface area contributed by atoms with Crippen molar-refractivity contribution in [3.05, 3.63) is 41.8 Å². The van der Waals surface area contributed by atoms with Gasteiger partial charge in [0.1, 0.15) is 5.52 Å². The molecule has 0 bridgehead atoms. The molecule has 2 N–H and O–H groups in total. The lowest BCUT2D eigenvalue weighted by molar-refractivity contribution is 0.102. The summed E-state index contributed by atoms with van der Waals surface area (Å²) in [6, 6.07) is 7.59. The predicted octanol–water partition coefficient (Wildman–Crippen LogP) is 3.77. The Labute approximate surface area is 194 Å². The number of hydrogen-bond acceptors (Lipinski definition) is 7. The quantitative estimate of drug-likeness (QED) is 0.474. The number of carbonyl (C=O) groups is 1. The summed E-state index contributed by atoms with van der Waals surface area (Å²) in [5.41, 5.74) is 2.57. The average molecular weight is 469 g/mol. The highest BCUT2D eigenvalue weighted by Crippen LogP contribution is 2.38. The number of thiazole rings is 1. The van der Waals surface area contributed by atoms with Crippen molar-refractivity contribution in [2.45, 2.75) is 25.9 Å². The maximum absolute atomic E-state index is 15.0. The summed E-state index contributed by atoms with van der Waals surface area (Å²) in [6.45, 7) is 6.01. The van der Waals surface area contributed by atoms with Crippen LogP contribution in [-0.2, 0) is 7.05 Å². The van der Waals surface area contributed by atoms with Gasteiger partial charge >= 0.3 is 0 Å². The molecule has 0 aliphatic carbocycles. The number of benzene rings is 2. The number of piperazine rings is 1. The topological polar surface area (TPSA) is 84.3 Å². The third-order valence-corrected chi connectivity index (χ3v) is 6.85. The number of nitrogens with one attached hydrogen (secondary N) is 2. The number of anilines is 2. The minimum atomic E-state index is -0.513. The van der Waals surface area contributed by atoms with E-state index in [9.17, 15) is 9.18 Å². The fourth-order valence-electron chi connectivity index (χ4n) is 4.48. The van der Waals surface area contributed by atoms with E-state index in [-0.39, 0.29) is 5.69 Å². The van der Waals surface area contributed by atoms with Gasteiger partial charge in [0.2, 0.25) is 0 Å². The maximum atomic E-state index is 15.0. The van der Waals surface area contributed by atoms with E-state index in [1.54, 1.807) is 37.2 Å². The summed E-state index contributed by atoms with van der Waals surface area (Å²) >= 11 is 1.41. The van der Waals surface area contributed by atoms with Crippen molar-refractivity contribution in [2.75, 3.05) is 30.4 Å². The molecule has 1 aliphatic rings. The molecule has 0 radical (unpaired) electrons. The number of hydrogen-bond donors (Lipinski definition) is 2. The molecule has 2 aromatic heterocycles. The van der Waals surface area contributed by atoms with Crippen LogP contribution in [0.5, 0.6) is 5.19 Å². The van der Waals surface area contributed by atoms with Gasteiger partial charge < -0.3 is 20.3 Å². The average Bonchev–Trinajstić information content (AvgIpc) is 3.37. The van der Waals surface area contributed by atoms with Crippen LogP contribution in [0.3, 0.4) is 0 Å². The third-order valence-electron chi connectivity index (χ3n) is 5.81. The van der Waals surface area contributed by atoms with E-state index in [1.807, 2.05) is 6.07 Å². The Balaban J connectivity index is 1.52. The van der Waals surface area contributed by atoms with Gasteiger partial charge in [0.15, 0.2) is 5.82 Å². The zero-order chi connectivity index (χ0) is 23.3. The zero-order valence-electron chi connectivity index (χ0n) is 18.8. The van der Waals surface area contributed by atoms with E-state index in [1.165, 1.54) is 17.4 Å². The van der Waals surface area contributed by atoms with Gasteiger partial charge in [0, 0.05) is 38.4 Å². The number of rotatable bonds is 4. The summed E-state index contributed by atoms with van der Waals surface area (Å²) in [4.78, 5) is 20.1. The molecule has 0 unspecified atom stereocenters. The number of methoxy groups -OCH3 is 1. The SMILES string of the molecule is COc1nc2c(C(=O)Nc3ccc4nn(C)cc4c3F)ccc(N3C[C@H](C)N[C@@H](C)C3)c2s1. The predicted molar refractivity (Wildman–Crippen MR) is 129 cm³/mol. The Kier molecular flexibility index (Phi) is 5.41.